The number of carbonyl (C=O) groups excluding carboxylic acids is 3. The molecular formula is C42H37N2O5PS. The van der Waals surface area contributed by atoms with E-state index in [2.05, 4.69) is 47.5 Å². The first-order chi connectivity index (χ1) is 24.9. The van der Waals surface area contributed by atoms with Crippen LogP contribution in [-0.2, 0) is 25.7 Å². The molecule has 7 nitrogen and oxygen atoms in total. The zero-order chi connectivity index (χ0) is 35.4. The van der Waals surface area contributed by atoms with Gasteiger partial charge in [-0.2, -0.15) is 0 Å². The van der Waals surface area contributed by atoms with Gasteiger partial charge in [-0.25, -0.2) is 4.79 Å². The topological polar surface area (TPSA) is 84.9 Å². The second-order valence-corrected chi connectivity index (χ2v) is 16.8. The number of hydrogen-bond donors (Lipinski definition) is 1. The number of β-lactam (4-membered cyclic amide) rings is 1. The Kier molecular flexibility index (Phi) is 9.98. The molecule has 2 aliphatic heterocycles. The second kappa shape index (κ2) is 14.9. The average molecular weight is 713 g/mol. The summed E-state index contributed by atoms with van der Waals surface area (Å²) in [7, 11) is 1.60. The van der Waals surface area contributed by atoms with E-state index in [0.717, 1.165) is 27.0 Å². The van der Waals surface area contributed by atoms with Crippen molar-refractivity contribution in [3.05, 3.63) is 168 Å². The van der Waals surface area contributed by atoms with E-state index < -0.39 is 29.5 Å². The summed E-state index contributed by atoms with van der Waals surface area (Å²) in [4.78, 5) is 43.4. The number of rotatable bonds is 10. The minimum absolute atomic E-state index is 0.0112. The molecule has 51 heavy (non-hydrogen) atoms. The Morgan fingerprint density at radius 3 is 1.76 bits per heavy atom. The van der Waals surface area contributed by atoms with Crippen LogP contribution in [-0.4, -0.2) is 46.3 Å². The molecule has 2 aliphatic rings. The van der Waals surface area contributed by atoms with E-state index in [-0.39, 0.29) is 24.1 Å². The van der Waals surface area contributed by atoms with Gasteiger partial charge in [0.1, 0.15) is 28.8 Å². The molecule has 5 aromatic rings. The molecule has 1 fully saturated rings. The summed E-state index contributed by atoms with van der Waals surface area (Å²) < 4.78 is 11.3. The maximum Gasteiger partial charge on any atom is 0.355 e. The molecule has 5 aromatic carbocycles. The van der Waals surface area contributed by atoms with Gasteiger partial charge in [0.15, 0.2) is 0 Å². The summed E-state index contributed by atoms with van der Waals surface area (Å²) in [5.41, 5.74) is 2.31. The lowest BCUT2D eigenvalue weighted by molar-refractivity contribution is -0.151. The Bertz CT molecular complexity index is 2020. The van der Waals surface area contributed by atoms with Gasteiger partial charge in [-0.05, 0) is 51.9 Å². The average Bonchev–Trinajstić information content (AvgIpc) is 3.17. The van der Waals surface area contributed by atoms with Crippen LogP contribution in [0.4, 0.5) is 0 Å². The summed E-state index contributed by atoms with van der Waals surface area (Å²) in [6.07, 6.45) is 0. The second-order valence-electron chi connectivity index (χ2n) is 12.3. The van der Waals surface area contributed by atoms with Crippen LogP contribution < -0.4 is 26.0 Å². The molecule has 0 aromatic heterocycles. The number of thioether (sulfide) groups is 1. The molecule has 2 amide bonds. The van der Waals surface area contributed by atoms with E-state index in [0.29, 0.717) is 11.3 Å². The molecule has 9 heteroatoms. The molecule has 2 heterocycles. The van der Waals surface area contributed by atoms with E-state index in [4.69, 9.17) is 9.47 Å². The van der Waals surface area contributed by atoms with Gasteiger partial charge in [0.05, 0.1) is 13.0 Å². The van der Waals surface area contributed by atoms with Crippen molar-refractivity contribution in [3.8, 4) is 5.75 Å². The van der Waals surface area contributed by atoms with Gasteiger partial charge in [-0.3, -0.25) is 14.5 Å². The molecule has 2 unspecified atom stereocenters. The SMILES string of the molecule is COc1ccc(COC(=O)C2=C(C=P(c3ccccc3)(c3ccccc3)c3ccccc3)C(NC(C)=O)S[C@@H]3C(c4ccccc4)C(=O)N23)cc1. The largest absolute Gasteiger partial charge is 0.497 e. The van der Waals surface area contributed by atoms with Crippen LogP contribution in [0, 0.1) is 0 Å². The van der Waals surface area contributed by atoms with Crippen molar-refractivity contribution in [2.75, 3.05) is 7.11 Å². The van der Waals surface area contributed by atoms with Gasteiger partial charge < -0.3 is 14.8 Å². The van der Waals surface area contributed by atoms with E-state index >= 15 is 0 Å². The first-order valence-electron chi connectivity index (χ1n) is 16.7. The van der Waals surface area contributed by atoms with Crippen molar-refractivity contribution in [2.45, 2.75) is 30.2 Å². The summed E-state index contributed by atoms with van der Waals surface area (Å²) in [5.74, 6) is 1.29. The van der Waals surface area contributed by atoms with Crippen LogP contribution in [0.25, 0.3) is 0 Å². The number of benzene rings is 5. The van der Waals surface area contributed by atoms with Crippen LogP contribution in [0.1, 0.15) is 24.0 Å². The first kappa shape index (κ1) is 34.2. The quantitative estimate of drug-likeness (QED) is 0.110. The lowest BCUT2D eigenvalue weighted by Crippen LogP contribution is -2.62. The summed E-state index contributed by atoms with van der Waals surface area (Å²) >= 11 is 1.47. The molecule has 1 N–H and O–H groups in total. The lowest BCUT2D eigenvalue weighted by Gasteiger charge is -2.52. The highest BCUT2D eigenvalue weighted by molar-refractivity contribution is 8.01. The third kappa shape index (κ3) is 6.65. The third-order valence-electron chi connectivity index (χ3n) is 9.15. The number of methoxy groups -OCH3 is 1. The monoisotopic (exact) mass is 712 g/mol. The van der Waals surface area contributed by atoms with Crippen molar-refractivity contribution in [1.29, 1.82) is 0 Å². The highest BCUT2D eigenvalue weighted by atomic mass is 32.2. The predicted molar refractivity (Wildman–Crippen MR) is 206 cm³/mol. The van der Waals surface area contributed by atoms with Gasteiger partial charge in [0.2, 0.25) is 11.8 Å². The number of nitrogens with zero attached hydrogens (tertiary/aromatic N) is 1. The standard InChI is InChI=1S/C42H37N2O5PS/c1-29(45)43-39-36(28-50(33-17-9-4-10-18-33,34-19-11-5-12-20-34)35-21-13-6-14-22-35)38(42(47)49-27-30-23-25-32(48-2)26-24-30)44-40(46)37(41(44)51-39)31-15-7-3-8-16-31/h3-26,28,37,39,41H,27H2,1-2H3,(H,43,45)/t37?,39?,41-/m1/s1. The minimum atomic E-state index is -2.69. The smallest absolute Gasteiger partial charge is 0.355 e. The molecule has 1 saturated heterocycles. The number of esters is 1. The molecule has 0 saturated carbocycles. The molecule has 7 rings (SSSR count). The number of nitrogens with one attached hydrogen (secondary N) is 1. The molecule has 0 aliphatic carbocycles. The van der Waals surface area contributed by atoms with E-state index in [9.17, 15) is 14.4 Å². The van der Waals surface area contributed by atoms with Gasteiger partial charge in [-0.15, -0.1) is 11.8 Å². The fourth-order valence-corrected chi connectivity index (χ4v) is 12.4. The van der Waals surface area contributed by atoms with Crippen LogP contribution >= 0.6 is 18.6 Å². The Balaban J connectivity index is 1.48. The molecule has 0 spiro atoms. The first-order valence-corrected chi connectivity index (χ1v) is 19.5. The van der Waals surface area contributed by atoms with Gasteiger partial charge in [0, 0.05) is 12.5 Å². The Morgan fingerprint density at radius 1 is 0.765 bits per heavy atom. The molecule has 0 radical (unpaired) electrons. The van der Waals surface area contributed by atoms with Crippen LogP contribution in [0.15, 0.2) is 157 Å². The van der Waals surface area contributed by atoms with Crippen LogP contribution in [0.5, 0.6) is 5.75 Å². The fourth-order valence-electron chi connectivity index (χ4n) is 6.73. The summed E-state index contributed by atoms with van der Waals surface area (Å²) in [6.45, 7) is -1.23. The van der Waals surface area contributed by atoms with Gasteiger partial charge in [-0.1, -0.05) is 133 Å². The van der Waals surface area contributed by atoms with Gasteiger partial charge >= 0.3 is 5.97 Å². The van der Waals surface area contributed by atoms with Crippen molar-refractivity contribution in [3.63, 3.8) is 0 Å². The third-order valence-corrected chi connectivity index (χ3v) is 14.6. The summed E-state index contributed by atoms with van der Waals surface area (Å²) in [6, 6.07) is 47.6. The Labute approximate surface area is 302 Å². The van der Waals surface area contributed by atoms with E-state index in [1.807, 2.05) is 109 Å². The number of fused-ring (bicyclic) bond motifs is 1. The van der Waals surface area contributed by atoms with Crippen molar-refractivity contribution in [1.82, 2.24) is 10.2 Å². The molecule has 0 bridgehead atoms. The van der Waals surface area contributed by atoms with Crippen LogP contribution in [0.3, 0.4) is 0 Å². The predicted octanol–water partition coefficient (Wildman–Crippen LogP) is 5.95. The molecule has 256 valence electrons. The Morgan fingerprint density at radius 2 is 1.27 bits per heavy atom. The normalized spacial score (nSPS) is 18.3. The number of hydrogen-bond acceptors (Lipinski definition) is 6. The van der Waals surface area contributed by atoms with Crippen molar-refractivity contribution >= 4 is 58.1 Å². The minimum Gasteiger partial charge on any atom is -0.497 e. The maximum atomic E-state index is 14.6. The number of ether oxygens (including phenoxy) is 2. The molecular weight excluding hydrogens is 676 g/mol. The molecule has 3 atom stereocenters. The Hall–Kier alpha value is -5.30. The number of amides is 2. The highest BCUT2D eigenvalue weighted by Crippen LogP contribution is 2.53. The zero-order valence-electron chi connectivity index (χ0n) is 28.2. The zero-order valence-corrected chi connectivity index (χ0v) is 29.9. The van der Waals surface area contributed by atoms with Crippen molar-refractivity contribution in [2.24, 2.45) is 0 Å². The van der Waals surface area contributed by atoms with Crippen LogP contribution in [0.2, 0.25) is 0 Å². The van der Waals surface area contributed by atoms with E-state index in [1.54, 1.807) is 12.0 Å². The van der Waals surface area contributed by atoms with E-state index in [1.165, 1.54) is 18.7 Å². The van der Waals surface area contributed by atoms with Gasteiger partial charge in [0.25, 0.3) is 0 Å². The summed E-state index contributed by atoms with van der Waals surface area (Å²) in [5, 5.41) is 5.24. The highest BCUT2D eigenvalue weighted by Gasteiger charge is 2.56. The lowest BCUT2D eigenvalue weighted by atomic mass is 9.88. The number of carbonyl (C=O) groups is 3. The fraction of sp³-hybridized carbons (Fsp3) is 0.143. The van der Waals surface area contributed by atoms with Crippen molar-refractivity contribution < 1.29 is 23.9 Å². The maximum absolute atomic E-state index is 14.6.